The number of aromatic nitrogens is 1. The molecule has 0 saturated heterocycles. The summed E-state index contributed by atoms with van der Waals surface area (Å²) in [4.78, 5) is 16.5. The zero-order valence-electron chi connectivity index (χ0n) is 11.5. The number of aromatic carboxylic acids is 1. The third-order valence-electron chi connectivity index (χ3n) is 3.23. The normalized spacial score (nSPS) is 16.6. The van der Waals surface area contributed by atoms with E-state index in [-0.39, 0.29) is 0 Å². The molecule has 0 spiro atoms. The van der Waals surface area contributed by atoms with Gasteiger partial charge in [-0.2, -0.15) is 0 Å². The lowest BCUT2D eigenvalue weighted by molar-refractivity contribution is 0.0686. The van der Waals surface area contributed by atoms with E-state index < -0.39 is 5.97 Å². The minimum Gasteiger partial charge on any atom is -0.477 e. The van der Waals surface area contributed by atoms with Crippen molar-refractivity contribution in [2.45, 2.75) is 11.8 Å². The van der Waals surface area contributed by atoms with E-state index in [0.29, 0.717) is 12.2 Å². The van der Waals surface area contributed by atoms with E-state index in [0.717, 1.165) is 29.4 Å². The third-order valence-corrected chi connectivity index (χ3v) is 4.41. The Balaban J connectivity index is 2.13. The fourth-order valence-electron chi connectivity index (χ4n) is 2.02. The van der Waals surface area contributed by atoms with Gasteiger partial charge in [-0.15, -0.1) is 0 Å². The van der Waals surface area contributed by atoms with Crippen LogP contribution in [0.5, 0.6) is 0 Å². The Bertz CT molecular complexity index is 577. The summed E-state index contributed by atoms with van der Waals surface area (Å²) >= 11 is 1.57. The SMILES string of the molecule is Cc1c(SN2CCN=C(/C=C\N)C2)cc(C(=O)O)n1C. The van der Waals surface area contributed by atoms with Crippen LogP contribution in [0.4, 0.5) is 0 Å². The average molecular weight is 294 g/mol. The van der Waals surface area contributed by atoms with Crippen molar-refractivity contribution in [3.63, 3.8) is 0 Å². The molecule has 0 radical (unpaired) electrons. The van der Waals surface area contributed by atoms with E-state index in [2.05, 4.69) is 9.30 Å². The highest BCUT2D eigenvalue weighted by atomic mass is 32.2. The van der Waals surface area contributed by atoms with E-state index in [9.17, 15) is 4.79 Å². The van der Waals surface area contributed by atoms with Gasteiger partial charge in [0.1, 0.15) is 5.69 Å². The summed E-state index contributed by atoms with van der Waals surface area (Å²) in [6.45, 7) is 4.19. The molecule has 0 bridgehead atoms. The smallest absolute Gasteiger partial charge is 0.352 e. The molecule has 2 rings (SSSR count). The van der Waals surface area contributed by atoms with Crippen LogP contribution in [0.2, 0.25) is 0 Å². The average Bonchev–Trinajstić information content (AvgIpc) is 2.68. The molecule has 108 valence electrons. The van der Waals surface area contributed by atoms with Crippen LogP contribution in [-0.4, -0.2) is 45.3 Å². The molecule has 20 heavy (non-hydrogen) atoms. The third kappa shape index (κ3) is 3.05. The second-order valence-electron chi connectivity index (χ2n) is 4.53. The lowest BCUT2D eigenvalue weighted by atomic mass is 10.3. The van der Waals surface area contributed by atoms with Gasteiger partial charge in [-0.05, 0) is 37.2 Å². The first-order chi connectivity index (χ1) is 9.52. The second kappa shape index (κ2) is 6.15. The highest BCUT2D eigenvalue weighted by molar-refractivity contribution is 7.97. The Kier molecular flexibility index (Phi) is 4.51. The molecule has 1 aromatic rings. The Labute approximate surface area is 122 Å². The van der Waals surface area contributed by atoms with Crippen molar-refractivity contribution in [3.8, 4) is 0 Å². The van der Waals surface area contributed by atoms with Crippen LogP contribution < -0.4 is 5.73 Å². The summed E-state index contributed by atoms with van der Waals surface area (Å²) in [6.07, 6.45) is 3.29. The second-order valence-corrected chi connectivity index (χ2v) is 5.67. The van der Waals surface area contributed by atoms with Crippen molar-refractivity contribution in [3.05, 3.63) is 29.7 Å². The van der Waals surface area contributed by atoms with Crippen molar-refractivity contribution in [2.75, 3.05) is 19.6 Å². The highest BCUT2D eigenvalue weighted by Crippen LogP contribution is 2.29. The van der Waals surface area contributed by atoms with Crippen molar-refractivity contribution < 1.29 is 9.90 Å². The first kappa shape index (κ1) is 14.7. The van der Waals surface area contributed by atoms with Crippen LogP contribution in [0.15, 0.2) is 28.2 Å². The van der Waals surface area contributed by atoms with Crippen LogP contribution in [0, 0.1) is 6.92 Å². The number of hydrogen-bond donors (Lipinski definition) is 2. The number of carbonyl (C=O) groups is 1. The van der Waals surface area contributed by atoms with Gasteiger partial charge in [0.2, 0.25) is 0 Å². The maximum atomic E-state index is 11.1. The number of aliphatic imine (C=N–C) groups is 1. The number of rotatable bonds is 4. The molecular formula is C13H18N4O2S. The van der Waals surface area contributed by atoms with Crippen molar-refractivity contribution in [1.29, 1.82) is 0 Å². The molecule has 0 saturated carbocycles. The molecule has 1 aliphatic heterocycles. The highest BCUT2D eigenvalue weighted by Gasteiger charge is 2.19. The first-order valence-electron chi connectivity index (χ1n) is 6.27. The van der Waals surface area contributed by atoms with Gasteiger partial charge in [0.25, 0.3) is 0 Å². The van der Waals surface area contributed by atoms with E-state index in [1.54, 1.807) is 35.7 Å². The van der Waals surface area contributed by atoms with Gasteiger partial charge in [-0.25, -0.2) is 9.10 Å². The fourth-order valence-corrected chi connectivity index (χ4v) is 3.10. The standard InChI is InChI=1S/C13H18N4O2S/c1-9-12(7-11(13(18)19)16(9)2)20-17-6-5-15-10(8-17)3-4-14/h3-4,7H,5-6,8,14H2,1-2H3,(H,18,19)/b4-3-. The zero-order valence-corrected chi connectivity index (χ0v) is 12.4. The van der Waals surface area contributed by atoms with Gasteiger partial charge in [-0.1, -0.05) is 0 Å². The zero-order chi connectivity index (χ0) is 14.7. The lowest BCUT2D eigenvalue weighted by Crippen LogP contribution is -2.30. The number of nitrogens with two attached hydrogens (primary N) is 1. The predicted octanol–water partition coefficient (Wildman–Crippen LogP) is 1.27. The van der Waals surface area contributed by atoms with Gasteiger partial charge < -0.3 is 15.4 Å². The topological polar surface area (TPSA) is 83.8 Å². The monoisotopic (exact) mass is 294 g/mol. The summed E-state index contributed by atoms with van der Waals surface area (Å²) in [5.41, 5.74) is 7.58. The molecule has 0 unspecified atom stereocenters. The van der Waals surface area contributed by atoms with Crippen LogP contribution in [-0.2, 0) is 7.05 Å². The molecule has 1 aliphatic rings. The Morgan fingerprint density at radius 3 is 2.95 bits per heavy atom. The molecule has 2 heterocycles. The Morgan fingerprint density at radius 1 is 1.60 bits per heavy atom. The van der Waals surface area contributed by atoms with Gasteiger partial charge in [0.05, 0.1) is 18.8 Å². The molecule has 6 nitrogen and oxygen atoms in total. The minimum absolute atomic E-state index is 0.303. The molecule has 0 amide bonds. The Morgan fingerprint density at radius 2 is 2.35 bits per heavy atom. The van der Waals surface area contributed by atoms with Crippen LogP contribution >= 0.6 is 11.9 Å². The summed E-state index contributed by atoms with van der Waals surface area (Å²) in [7, 11) is 1.77. The summed E-state index contributed by atoms with van der Waals surface area (Å²) in [5, 5.41) is 9.14. The quantitative estimate of drug-likeness (QED) is 0.817. The van der Waals surface area contributed by atoms with Crippen LogP contribution in [0.3, 0.4) is 0 Å². The molecule has 0 aliphatic carbocycles. The van der Waals surface area contributed by atoms with E-state index in [1.807, 2.05) is 6.92 Å². The molecule has 0 atom stereocenters. The number of carboxylic acid groups (broad SMARTS) is 1. The van der Waals surface area contributed by atoms with Gasteiger partial charge in [0, 0.05) is 24.2 Å². The molecule has 0 aromatic carbocycles. The van der Waals surface area contributed by atoms with E-state index in [4.69, 9.17) is 10.8 Å². The van der Waals surface area contributed by atoms with Crippen molar-refractivity contribution in [2.24, 2.45) is 17.8 Å². The molecule has 0 fully saturated rings. The van der Waals surface area contributed by atoms with Gasteiger partial charge >= 0.3 is 5.97 Å². The fraction of sp³-hybridized carbons (Fsp3) is 0.385. The molecule has 3 N–H and O–H groups in total. The van der Waals surface area contributed by atoms with Crippen molar-refractivity contribution >= 4 is 23.6 Å². The van der Waals surface area contributed by atoms with E-state index >= 15 is 0 Å². The molecule has 1 aromatic heterocycles. The maximum Gasteiger partial charge on any atom is 0.352 e. The number of carboxylic acids is 1. The van der Waals surface area contributed by atoms with Crippen LogP contribution in [0.1, 0.15) is 16.2 Å². The largest absolute Gasteiger partial charge is 0.477 e. The summed E-state index contributed by atoms with van der Waals surface area (Å²) in [6, 6.07) is 1.71. The Hall–Kier alpha value is -1.73. The summed E-state index contributed by atoms with van der Waals surface area (Å²) < 4.78 is 3.86. The minimum atomic E-state index is -0.908. The molecule has 7 heteroatoms. The van der Waals surface area contributed by atoms with Gasteiger partial charge in [0.15, 0.2) is 0 Å². The van der Waals surface area contributed by atoms with Crippen LogP contribution in [0.25, 0.3) is 0 Å². The predicted molar refractivity (Wildman–Crippen MR) is 80.2 cm³/mol. The summed E-state index contributed by atoms with van der Waals surface area (Å²) in [5.74, 6) is -0.908. The van der Waals surface area contributed by atoms with Gasteiger partial charge in [-0.3, -0.25) is 4.99 Å². The maximum absolute atomic E-state index is 11.1. The lowest BCUT2D eigenvalue weighted by Gasteiger charge is -2.24. The number of hydrogen-bond acceptors (Lipinski definition) is 5. The number of nitrogens with zero attached hydrogens (tertiary/aromatic N) is 3. The molecular weight excluding hydrogens is 276 g/mol. The van der Waals surface area contributed by atoms with Crippen molar-refractivity contribution in [1.82, 2.24) is 8.87 Å². The first-order valence-corrected chi connectivity index (χ1v) is 7.04. The van der Waals surface area contributed by atoms with E-state index in [1.165, 1.54) is 6.20 Å².